The summed E-state index contributed by atoms with van der Waals surface area (Å²) in [5, 5.41) is 13.5. The van der Waals surface area contributed by atoms with E-state index in [2.05, 4.69) is 11.1 Å². The number of nitrogens with zero attached hydrogens (tertiary/aromatic N) is 4. The Kier molecular flexibility index (Phi) is 3.64. The van der Waals surface area contributed by atoms with Gasteiger partial charge < -0.3 is 0 Å². The van der Waals surface area contributed by atoms with Crippen LogP contribution in [0.4, 0.5) is 10.5 Å². The Morgan fingerprint density at radius 2 is 1.75 bits per heavy atom. The molecule has 2 aromatic carbocycles. The molecule has 2 aliphatic rings. The van der Waals surface area contributed by atoms with Gasteiger partial charge in [-0.05, 0) is 48.4 Å². The fourth-order valence-electron chi connectivity index (χ4n) is 3.36. The second-order valence-corrected chi connectivity index (χ2v) is 6.31. The molecule has 0 N–H and O–H groups in total. The van der Waals surface area contributed by atoms with E-state index in [1.165, 1.54) is 0 Å². The van der Waals surface area contributed by atoms with Crippen LogP contribution in [-0.2, 0) is 0 Å². The molecule has 5 nitrogen and oxygen atoms in total. The first-order valence-corrected chi connectivity index (χ1v) is 8.20. The third kappa shape index (κ3) is 2.32. The van der Waals surface area contributed by atoms with E-state index in [0.717, 1.165) is 30.8 Å². The van der Waals surface area contributed by atoms with Crippen molar-refractivity contribution in [3.63, 3.8) is 0 Å². The summed E-state index contributed by atoms with van der Waals surface area (Å²) >= 11 is 5.98. The van der Waals surface area contributed by atoms with Crippen LogP contribution in [0.1, 0.15) is 23.7 Å². The van der Waals surface area contributed by atoms with Crippen LogP contribution in [0.25, 0.3) is 0 Å². The van der Waals surface area contributed by atoms with Gasteiger partial charge in [-0.25, -0.2) is 4.79 Å². The molecule has 2 saturated heterocycles. The summed E-state index contributed by atoms with van der Waals surface area (Å²) in [5.74, 6) is 0. The van der Waals surface area contributed by atoms with Gasteiger partial charge in [-0.15, -0.1) is 0 Å². The molecular formula is C18H15ClN4O. The first-order chi connectivity index (χ1) is 11.7. The second-order valence-electron chi connectivity index (χ2n) is 5.88. The number of amides is 2. The molecule has 0 radical (unpaired) electrons. The largest absolute Gasteiger partial charge is 0.340 e. The summed E-state index contributed by atoms with van der Waals surface area (Å²) in [6.45, 7) is 1.57. The Morgan fingerprint density at radius 3 is 2.42 bits per heavy atom. The SMILES string of the molecule is N#Cc1ccc([C@H]2N(c3ccc(Cl)cc3)C(=O)N3CCCN23)cc1. The highest BCUT2D eigenvalue weighted by molar-refractivity contribution is 6.30. The third-order valence-electron chi connectivity index (χ3n) is 4.46. The molecule has 2 aliphatic heterocycles. The molecule has 0 bridgehead atoms. The molecular weight excluding hydrogens is 324 g/mol. The fourth-order valence-corrected chi connectivity index (χ4v) is 3.48. The van der Waals surface area contributed by atoms with Crippen molar-refractivity contribution in [2.24, 2.45) is 0 Å². The smallest absolute Gasteiger partial charge is 0.271 e. The van der Waals surface area contributed by atoms with Gasteiger partial charge in [0.15, 0.2) is 0 Å². The molecule has 0 spiro atoms. The van der Waals surface area contributed by atoms with Gasteiger partial charge in [0.1, 0.15) is 6.17 Å². The number of hydrogen-bond donors (Lipinski definition) is 0. The molecule has 2 fully saturated rings. The lowest BCUT2D eigenvalue weighted by Crippen LogP contribution is -2.32. The van der Waals surface area contributed by atoms with E-state index >= 15 is 0 Å². The molecule has 2 aromatic rings. The Labute approximate surface area is 145 Å². The summed E-state index contributed by atoms with van der Waals surface area (Å²) < 4.78 is 0. The summed E-state index contributed by atoms with van der Waals surface area (Å²) in [7, 11) is 0. The summed E-state index contributed by atoms with van der Waals surface area (Å²) in [4.78, 5) is 14.7. The lowest BCUT2D eigenvalue weighted by atomic mass is 10.1. The van der Waals surface area contributed by atoms with E-state index in [0.29, 0.717) is 10.6 Å². The summed E-state index contributed by atoms with van der Waals surface area (Å²) in [6, 6.07) is 16.8. The summed E-state index contributed by atoms with van der Waals surface area (Å²) in [6.07, 6.45) is 0.765. The van der Waals surface area contributed by atoms with E-state index in [9.17, 15) is 4.79 Å². The van der Waals surface area contributed by atoms with Gasteiger partial charge in [-0.2, -0.15) is 10.3 Å². The van der Waals surface area contributed by atoms with Gasteiger partial charge in [-0.1, -0.05) is 23.7 Å². The Morgan fingerprint density at radius 1 is 1.04 bits per heavy atom. The zero-order valence-corrected chi connectivity index (χ0v) is 13.6. The van der Waals surface area contributed by atoms with Crippen molar-refractivity contribution in [2.75, 3.05) is 18.0 Å². The molecule has 0 saturated carbocycles. The Hall–Kier alpha value is -2.55. The van der Waals surface area contributed by atoms with Crippen molar-refractivity contribution in [1.29, 1.82) is 5.26 Å². The van der Waals surface area contributed by atoms with Crippen LogP contribution < -0.4 is 4.90 Å². The van der Waals surface area contributed by atoms with E-state index in [4.69, 9.17) is 16.9 Å². The monoisotopic (exact) mass is 338 g/mol. The minimum Gasteiger partial charge on any atom is -0.271 e. The van der Waals surface area contributed by atoms with Crippen molar-refractivity contribution in [3.05, 3.63) is 64.7 Å². The van der Waals surface area contributed by atoms with E-state index in [1.807, 2.05) is 24.3 Å². The highest BCUT2D eigenvalue weighted by Gasteiger charge is 2.47. The molecule has 1 atom stereocenters. The van der Waals surface area contributed by atoms with Gasteiger partial charge >= 0.3 is 6.03 Å². The molecule has 4 rings (SSSR count). The van der Waals surface area contributed by atoms with Crippen LogP contribution in [0.5, 0.6) is 0 Å². The van der Waals surface area contributed by atoms with Gasteiger partial charge in [0.2, 0.25) is 0 Å². The lowest BCUT2D eigenvalue weighted by Gasteiger charge is -2.28. The molecule has 2 heterocycles. The number of urea groups is 1. The second kappa shape index (κ2) is 5.82. The number of hydrogen-bond acceptors (Lipinski definition) is 3. The van der Waals surface area contributed by atoms with Crippen LogP contribution >= 0.6 is 11.6 Å². The van der Waals surface area contributed by atoms with E-state index in [-0.39, 0.29) is 12.2 Å². The zero-order chi connectivity index (χ0) is 16.7. The number of benzene rings is 2. The molecule has 120 valence electrons. The predicted octanol–water partition coefficient (Wildman–Crippen LogP) is 3.77. The minimum absolute atomic E-state index is 0.0239. The number of nitriles is 1. The van der Waals surface area contributed by atoms with Crippen molar-refractivity contribution in [1.82, 2.24) is 10.0 Å². The van der Waals surface area contributed by atoms with Gasteiger partial charge in [-0.3, -0.25) is 9.91 Å². The normalized spacial score (nSPS) is 20.3. The number of carbonyl (C=O) groups excluding carboxylic acids is 1. The standard InChI is InChI=1S/C18H15ClN4O/c19-15-6-8-16(9-7-15)23-17(14-4-2-13(12-20)3-5-14)21-10-1-11-22(21)18(23)24/h2-9,17H,1,10-11H2/t17-/m1/s1. The number of fused-ring (bicyclic) bond motifs is 1. The van der Waals surface area contributed by atoms with Gasteiger partial charge in [0.25, 0.3) is 0 Å². The number of carbonyl (C=O) groups is 1. The number of rotatable bonds is 2. The maximum absolute atomic E-state index is 12.9. The molecule has 2 amide bonds. The number of hydrazine groups is 1. The number of anilines is 1. The van der Waals surface area contributed by atoms with Crippen molar-refractivity contribution in [3.8, 4) is 6.07 Å². The minimum atomic E-state index is -0.200. The van der Waals surface area contributed by atoms with Gasteiger partial charge in [0.05, 0.1) is 11.6 Å². The average Bonchev–Trinajstić information content (AvgIpc) is 3.18. The zero-order valence-electron chi connectivity index (χ0n) is 12.9. The van der Waals surface area contributed by atoms with Crippen LogP contribution in [0.3, 0.4) is 0 Å². The first-order valence-electron chi connectivity index (χ1n) is 7.82. The fraction of sp³-hybridized carbons (Fsp3) is 0.222. The van der Waals surface area contributed by atoms with Crippen molar-refractivity contribution >= 4 is 23.3 Å². The molecule has 0 unspecified atom stereocenters. The maximum Gasteiger partial charge on any atom is 0.340 e. The van der Waals surface area contributed by atoms with Crippen LogP contribution in [0.15, 0.2) is 48.5 Å². The van der Waals surface area contributed by atoms with E-state index < -0.39 is 0 Å². The van der Waals surface area contributed by atoms with Gasteiger partial charge in [0, 0.05) is 23.8 Å². The molecule has 6 heteroatoms. The predicted molar refractivity (Wildman–Crippen MR) is 91.3 cm³/mol. The Balaban J connectivity index is 1.78. The average molecular weight is 339 g/mol. The van der Waals surface area contributed by atoms with Crippen LogP contribution in [-0.4, -0.2) is 29.1 Å². The molecule has 24 heavy (non-hydrogen) atoms. The first kappa shape index (κ1) is 15.0. The van der Waals surface area contributed by atoms with E-state index in [1.54, 1.807) is 34.2 Å². The summed E-state index contributed by atoms with van der Waals surface area (Å²) in [5.41, 5.74) is 2.41. The van der Waals surface area contributed by atoms with Crippen LogP contribution in [0, 0.1) is 11.3 Å². The Bertz CT molecular complexity index is 812. The number of halogens is 1. The van der Waals surface area contributed by atoms with Crippen molar-refractivity contribution < 1.29 is 4.79 Å². The van der Waals surface area contributed by atoms with Crippen LogP contribution in [0.2, 0.25) is 5.02 Å². The quantitative estimate of drug-likeness (QED) is 0.837. The van der Waals surface area contributed by atoms with Crippen molar-refractivity contribution in [2.45, 2.75) is 12.6 Å². The lowest BCUT2D eigenvalue weighted by molar-refractivity contribution is 0.0728. The molecule has 0 aromatic heterocycles. The topological polar surface area (TPSA) is 50.6 Å². The highest BCUT2D eigenvalue weighted by atomic mass is 35.5. The molecule has 0 aliphatic carbocycles. The third-order valence-corrected chi connectivity index (χ3v) is 4.72. The maximum atomic E-state index is 12.9. The highest BCUT2D eigenvalue weighted by Crippen LogP contribution is 2.40.